The number of nitrogens with zero attached hydrogens (tertiary/aromatic N) is 1. The number of pyridine rings is 1. The van der Waals surface area contributed by atoms with E-state index in [2.05, 4.69) is 10.3 Å². The van der Waals surface area contributed by atoms with Gasteiger partial charge in [-0.2, -0.15) is 0 Å². The molecule has 3 nitrogen and oxygen atoms in total. The summed E-state index contributed by atoms with van der Waals surface area (Å²) in [5.74, 6) is -0.725. The summed E-state index contributed by atoms with van der Waals surface area (Å²) in [5.41, 5.74) is 1.99. The van der Waals surface area contributed by atoms with Crippen LogP contribution in [0.2, 0.25) is 0 Å². The highest BCUT2D eigenvalue weighted by Crippen LogP contribution is 2.37. The monoisotopic (exact) mass is 422 g/mol. The number of rotatable bonds is 6. The van der Waals surface area contributed by atoms with Crippen LogP contribution in [0.1, 0.15) is 25.0 Å². The minimum atomic E-state index is -0.883. The van der Waals surface area contributed by atoms with Gasteiger partial charge in [-0.15, -0.1) is 11.3 Å². The molecule has 2 aromatic heterocycles. The number of hydrogen-bond donors (Lipinski definition) is 2. The lowest BCUT2D eigenvalue weighted by Gasteiger charge is -2.11. The summed E-state index contributed by atoms with van der Waals surface area (Å²) < 4.78 is 29.2. The molecule has 6 heteroatoms. The number of nitrogens with one attached hydrogen (secondary N) is 1. The molecule has 0 amide bonds. The average Bonchev–Trinajstić information content (AvgIpc) is 3.21. The summed E-state index contributed by atoms with van der Waals surface area (Å²) in [4.78, 5) is 5.08. The smallest absolute Gasteiger partial charge is 0.135 e. The van der Waals surface area contributed by atoms with E-state index in [1.807, 2.05) is 48.5 Å². The second-order valence-electron chi connectivity index (χ2n) is 6.85. The minimum absolute atomic E-state index is 0.0916. The molecule has 2 aromatic carbocycles. The number of aromatic nitrogens is 1. The zero-order valence-corrected chi connectivity index (χ0v) is 17.1. The van der Waals surface area contributed by atoms with Crippen molar-refractivity contribution in [2.24, 2.45) is 0 Å². The van der Waals surface area contributed by atoms with Crippen LogP contribution in [0.15, 0.2) is 72.8 Å². The zero-order chi connectivity index (χ0) is 21.1. The molecule has 30 heavy (non-hydrogen) atoms. The summed E-state index contributed by atoms with van der Waals surface area (Å²) in [6.07, 6.45) is -0.494. The number of halogens is 2. The molecular weight excluding hydrogens is 402 g/mol. The predicted molar refractivity (Wildman–Crippen MR) is 118 cm³/mol. The maximum Gasteiger partial charge on any atom is 0.135 e. The quantitative estimate of drug-likeness (QED) is 0.354. The first kappa shape index (κ1) is 20.2. The average molecular weight is 423 g/mol. The third-order valence-corrected chi connectivity index (χ3v) is 5.78. The van der Waals surface area contributed by atoms with Crippen LogP contribution in [0.3, 0.4) is 0 Å². The third-order valence-electron chi connectivity index (χ3n) is 4.76. The van der Waals surface area contributed by atoms with Crippen molar-refractivity contribution >= 4 is 22.2 Å². The van der Waals surface area contributed by atoms with E-state index < -0.39 is 17.7 Å². The number of aliphatic hydroxyl groups is 1. The molecule has 1 unspecified atom stereocenters. The van der Waals surface area contributed by atoms with Gasteiger partial charge in [-0.05, 0) is 48.4 Å². The molecule has 0 aliphatic rings. The van der Waals surface area contributed by atoms with E-state index in [0.29, 0.717) is 17.1 Å². The van der Waals surface area contributed by atoms with Gasteiger partial charge in [0.05, 0.1) is 22.4 Å². The lowest BCUT2D eigenvalue weighted by molar-refractivity contribution is 0.173. The Labute approximate surface area is 177 Å². The highest BCUT2D eigenvalue weighted by atomic mass is 32.1. The van der Waals surface area contributed by atoms with Crippen LogP contribution in [0.4, 0.5) is 19.6 Å². The van der Waals surface area contributed by atoms with Crippen molar-refractivity contribution in [1.82, 2.24) is 4.98 Å². The molecular formula is C24H20F2N2OS. The van der Waals surface area contributed by atoms with Crippen molar-refractivity contribution < 1.29 is 13.9 Å². The lowest BCUT2D eigenvalue weighted by Crippen LogP contribution is -1.99. The van der Waals surface area contributed by atoms with Crippen molar-refractivity contribution in [3.05, 3.63) is 90.0 Å². The van der Waals surface area contributed by atoms with E-state index in [1.54, 1.807) is 19.1 Å². The zero-order valence-electron chi connectivity index (χ0n) is 16.3. The summed E-state index contributed by atoms with van der Waals surface area (Å²) in [7, 11) is 0. The van der Waals surface area contributed by atoms with Crippen molar-refractivity contribution in [2.75, 3.05) is 5.32 Å². The predicted octanol–water partition coefficient (Wildman–Crippen LogP) is 6.94. The van der Waals surface area contributed by atoms with Crippen LogP contribution in [0.25, 0.3) is 21.7 Å². The SMILES string of the molecule is CCC(O)c1cc(F)c(-c2ccc(Nc3cccc(-c4ccccc4)n3)s2)c(F)c1. The fourth-order valence-electron chi connectivity index (χ4n) is 3.20. The lowest BCUT2D eigenvalue weighted by atomic mass is 10.0. The molecule has 0 radical (unpaired) electrons. The van der Waals surface area contributed by atoms with Crippen molar-refractivity contribution in [3.8, 4) is 21.7 Å². The Morgan fingerprint density at radius 1 is 0.967 bits per heavy atom. The molecule has 0 aliphatic carbocycles. The first-order chi connectivity index (χ1) is 14.5. The van der Waals surface area contributed by atoms with Gasteiger partial charge in [0.1, 0.15) is 17.5 Å². The van der Waals surface area contributed by atoms with Crippen LogP contribution in [-0.2, 0) is 0 Å². The van der Waals surface area contributed by atoms with Gasteiger partial charge in [-0.25, -0.2) is 13.8 Å². The molecule has 0 spiro atoms. The Bertz CT molecular complexity index is 1140. The normalized spacial score (nSPS) is 12.0. The van der Waals surface area contributed by atoms with Crippen molar-refractivity contribution in [1.29, 1.82) is 0 Å². The Morgan fingerprint density at radius 2 is 1.70 bits per heavy atom. The van der Waals surface area contributed by atoms with E-state index in [-0.39, 0.29) is 11.1 Å². The largest absolute Gasteiger partial charge is 0.388 e. The van der Waals surface area contributed by atoms with Gasteiger partial charge in [-0.3, -0.25) is 0 Å². The summed E-state index contributed by atoms with van der Waals surface area (Å²) >= 11 is 1.24. The molecule has 0 saturated heterocycles. The van der Waals surface area contributed by atoms with Crippen LogP contribution in [0, 0.1) is 11.6 Å². The van der Waals surface area contributed by atoms with Crippen LogP contribution in [0.5, 0.6) is 0 Å². The molecule has 0 saturated carbocycles. The highest BCUT2D eigenvalue weighted by molar-refractivity contribution is 7.19. The summed E-state index contributed by atoms with van der Waals surface area (Å²) in [6, 6.07) is 21.3. The maximum absolute atomic E-state index is 14.6. The number of thiophene rings is 1. The maximum atomic E-state index is 14.6. The number of aliphatic hydroxyl groups excluding tert-OH is 1. The van der Waals surface area contributed by atoms with Gasteiger partial charge in [-0.1, -0.05) is 43.3 Å². The Morgan fingerprint density at radius 3 is 2.40 bits per heavy atom. The topological polar surface area (TPSA) is 45.1 Å². The molecule has 152 valence electrons. The van der Waals surface area contributed by atoms with Crippen molar-refractivity contribution in [2.45, 2.75) is 19.4 Å². The standard InChI is InChI=1S/C24H20F2N2OS/c1-2-20(29)16-13-17(25)24(18(26)14-16)21-11-12-23(30-21)28-22-10-6-9-19(27-22)15-7-4-3-5-8-15/h3-14,20,29H,2H2,1H3,(H,27,28). The van der Waals surface area contributed by atoms with E-state index in [1.165, 1.54) is 23.5 Å². The van der Waals surface area contributed by atoms with Gasteiger partial charge in [0.25, 0.3) is 0 Å². The summed E-state index contributed by atoms with van der Waals surface area (Å²) in [6.45, 7) is 1.76. The highest BCUT2D eigenvalue weighted by Gasteiger charge is 2.18. The van der Waals surface area contributed by atoms with Gasteiger partial charge >= 0.3 is 0 Å². The molecule has 4 rings (SSSR count). The van der Waals surface area contributed by atoms with E-state index in [9.17, 15) is 13.9 Å². The van der Waals surface area contributed by atoms with E-state index in [4.69, 9.17) is 0 Å². The molecule has 2 N–H and O–H groups in total. The fourth-order valence-corrected chi connectivity index (χ4v) is 4.16. The molecule has 4 aromatic rings. The number of anilines is 2. The minimum Gasteiger partial charge on any atom is -0.388 e. The van der Waals surface area contributed by atoms with Crippen molar-refractivity contribution in [3.63, 3.8) is 0 Å². The fraction of sp³-hybridized carbons (Fsp3) is 0.125. The second kappa shape index (κ2) is 8.73. The van der Waals surface area contributed by atoms with Gasteiger partial charge in [0.2, 0.25) is 0 Å². The molecule has 0 fully saturated rings. The first-order valence-electron chi connectivity index (χ1n) is 9.62. The van der Waals surface area contributed by atoms with Gasteiger partial charge in [0, 0.05) is 10.4 Å². The van der Waals surface area contributed by atoms with E-state index >= 15 is 0 Å². The van der Waals surface area contributed by atoms with Crippen LogP contribution in [-0.4, -0.2) is 10.1 Å². The number of hydrogen-bond acceptors (Lipinski definition) is 4. The third kappa shape index (κ3) is 4.25. The summed E-state index contributed by atoms with van der Waals surface area (Å²) in [5, 5.41) is 13.8. The van der Waals surface area contributed by atoms with Crippen LogP contribution >= 0.6 is 11.3 Å². The first-order valence-corrected chi connectivity index (χ1v) is 10.4. The molecule has 0 bridgehead atoms. The van der Waals surface area contributed by atoms with Gasteiger partial charge in [0.15, 0.2) is 0 Å². The molecule has 1 atom stereocenters. The van der Waals surface area contributed by atoms with Gasteiger partial charge < -0.3 is 10.4 Å². The Balaban J connectivity index is 1.59. The second-order valence-corrected chi connectivity index (χ2v) is 7.93. The van der Waals surface area contributed by atoms with Crippen LogP contribution < -0.4 is 5.32 Å². The van der Waals surface area contributed by atoms with E-state index in [0.717, 1.165) is 16.3 Å². The Hall–Kier alpha value is -3.09. The molecule has 2 heterocycles. The molecule has 0 aliphatic heterocycles. The number of benzene rings is 2. The Kier molecular flexibility index (Phi) is 5.88.